The molecular weight excluding hydrogens is 202 g/mol. The maximum Gasteiger partial charge on any atom is 0.0641 e. The van der Waals surface area contributed by atoms with E-state index in [9.17, 15) is 0 Å². The highest BCUT2D eigenvalue weighted by atomic mass is 16.5. The molecule has 2 fully saturated rings. The van der Waals surface area contributed by atoms with Gasteiger partial charge in [0.2, 0.25) is 0 Å². The fourth-order valence-electron chi connectivity index (χ4n) is 2.78. The van der Waals surface area contributed by atoms with Crippen LogP contribution in [0.4, 0.5) is 0 Å². The van der Waals surface area contributed by atoms with E-state index in [1.807, 2.05) is 0 Å². The standard InChI is InChI=1S/C13H25NO2/c1-13(2)10-12(6-9-16-13)14-11-4-3-7-15-8-5-11/h11-12,14H,3-10H2,1-2H3. The Morgan fingerprint density at radius 2 is 1.81 bits per heavy atom. The minimum absolute atomic E-state index is 0.0527. The van der Waals surface area contributed by atoms with Crippen molar-refractivity contribution >= 4 is 0 Å². The summed E-state index contributed by atoms with van der Waals surface area (Å²) in [6, 6.07) is 1.29. The summed E-state index contributed by atoms with van der Waals surface area (Å²) in [6.45, 7) is 7.14. The summed E-state index contributed by atoms with van der Waals surface area (Å²) < 4.78 is 11.2. The van der Waals surface area contributed by atoms with Crippen molar-refractivity contribution in [1.82, 2.24) is 5.32 Å². The second kappa shape index (κ2) is 5.48. The number of hydrogen-bond donors (Lipinski definition) is 1. The molecule has 2 saturated heterocycles. The molecule has 94 valence electrons. The molecule has 0 bridgehead atoms. The molecule has 0 amide bonds. The van der Waals surface area contributed by atoms with Crippen LogP contribution in [0.5, 0.6) is 0 Å². The number of nitrogens with one attached hydrogen (secondary N) is 1. The van der Waals surface area contributed by atoms with E-state index in [0.29, 0.717) is 12.1 Å². The molecule has 0 aromatic carbocycles. The van der Waals surface area contributed by atoms with Crippen molar-refractivity contribution in [2.75, 3.05) is 19.8 Å². The van der Waals surface area contributed by atoms with Gasteiger partial charge in [-0.15, -0.1) is 0 Å². The highest BCUT2D eigenvalue weighted by Crippen LogP contribution is 2.25. The van der Waals surface area contributed by atoms with Crippen LogP contribution in [0.15, 0.2) is 0 Å². The zero-order chi connectivity index (χ0) is 11.4. The van der Waals surface area contributed by atoms with Crippen molar-refractivity contribution in [2.45, 2.75) is 63.6 Å². The topological polar surface area (TPSA) is 30.5 Å². The fraction of sp³-hybridized carbons (Fsp3) is 1.00. The lowest BCUT2D eigenvalue weighted by atomic mass is 9.93. The maximum absolute atomic E-state index is 5.74. The van der Waals surface area contributed by atoms with Crippen LogP contribution in [0, 0.1) is 0 Å². The first kappa shape index (κ1) is 12.3. The Balaban J connectivity index is 1.79. The first-order valence-electron chi connectivity index (χ1n) is 6.63. The van der Waals surface area contributed by atoms with Gasteiger partial charge in [0, 0.05) is 31.9 Å². The zero-order valence-electron chi connectivity index (χ0n) is 10.6. The van der Waals surface area contributed by atoms with E-state index in [-0.39, 0.29) is 5.60 Å². The number of hydrogen-bond acceptors (Lipinski definition) is 3. The molecule has 2 heterocycles. The SMILES string of the molecule is CC1(C)CC(NC2CCCOCC2)CCO1. The van der Waals surface area contributed by atoms with E-state index in [0.717, 1.165) is 39.1 Å². The van der Waals surface area contributed by atoms with Gasteiger partial charge in [-0.25, -0.2) is 0 Å². The highest BCUT2D eigenvalue weighted by molar-refractivity contribution is 4.85. The normalized spacial score (nSPS) is 35.6. The van der Waals surface area contributed by atoms with Crippen LogP contribution in [0.1, 0.15) is 46.0 Å². The lowest BCUT2D eigenvalue weighted by Crippen LogP contribution is -2.47. The van der Waals surface area contributed by atoms with Crippen LogP contribution >= 0.6 is 0 Å². The van der Waals surface area contributed by atoms with Gasteiger partial charge in [-0.1, -0.05) is 0 Å². The zero-order valence-corrected chi connectivity index (χ0v) is 10.6. The predicted molar refractivity (Wildman–Crippen MR) is 64.6 cm³/mol. The van der Waals surface area contributed by atoms with Gasteiger partial charge in [-0.05, 0) is 46.0 Å². The van der Waals surface area contributed by atoms with Crippen molar-refractivity contribution < 1.29 is 9.47 Å². The van der Waals surface area contributed by atoms with E-state index < -0.39 is 0 Å². The quantitative estimate of drug-likeness (QED) is 0.783. The van der Waals surface area contributed by atoms with Gasteiger partial charge in [-0.2, -0.15) is 0 Å². The van der Waals surface area contributed by atoms with Crippen molar-refractivity contribution in [3.63, 3.8) is 0 Å². The van der Waals surface area contributed by atoms with Gasteiger partial charge in [-0.3, -0.25) is 0 Å². The largest absolute Gasteiger partial charge is 0.381 e. The first-order chi connectivity index (χ1) is 7.66. The number of ether oxygens (including phenoxy) is 2. The van der Waals surface area contributed by atoms with Crippen molar-refractivity contribution in [2.24, 2.45) is 0 Å². The summed E-state index contributed by atoms with van der Waals surface area (Å²) >= 11 is 0. The molecular formula is C13H25NO2. The first-order valence-corrected chi connectivity index (χ1v) is 6.63. The van der Waals surface area contributed by atoms with E-state index in [2.05, 4.69) is 19.2 Å². The second-order valence-corrected chi connectivity index (χ2v) is 5.70. The molecule has 2 aliphatic rings. The highest BCUT2D eigenvalue weighted by Gasteiger charge is 2.29. The molecule has 0 radical (unpaired) electrons. The van der Waals surface area contributed by atoms with E-state index in [1.165, 1.54) is 12.8 Å². The van der Waals surface area contributed by atoms with E-state index >= 15 is 0 Å². The van der Waals surface area contributed by atoms with Crippen molar-refractivity contribution in [3.05, 3.63) is 0 Å². The van der Waals surface area contributed by atoms with Gasteiger partial charge >= 0.3 is 0 Å². The van der Waals surface area contributed by atoms with Crippen molar-refractivity contribution in [3.8, 4) is 0 Å². The molecule has 2 unspecified atom stereocenters. The summed E-state index contributed by atoms with van der Waals surface area (Å²) in [4.78, 5) is 0. The number of rotatable bonds is 2. The predicted octanol–water partition coefficient (Wildman–Crippen LogP) is 2.10. The van der Waals surface area contributed by atoms with E-state index in [4.69, 9.17) is 9.47 Å². The average molecular weight is 227 g/mol. The Hall–Kier alpha value is -0.120. The van der Waals surface area contributed by atoms with Crippen LogP contribution in [0.3, 0.4) is 0 Å². The smallest absolute Gasteiger partial charge is 0.0641 e. The molecule has 0 spiro atoms. The van der Waals surface area contributed by atoms with Gasteiger partial charge in [0.15, 0.2) is 0 Å². The maximum atomic E-state index is 5.74. The molecule has 3 nitrogen and oxygen atoms in total. The third kappa shape index (κ3) is 3.72. The Kier molecular flexibility index (Phi) is 4.22. The summed E-state index contributed by atoms with van der Waals surface area (Å²) in [6.07, 6.45) is 5.91. The molecule has 16 heavy (non-hydrogen) atoms. The molecule has 2 rings (SSSR count). The van der Waals surface area contributed by atoms with Crippen LogP contribution in [-0.2, 0) is 9.47 Å². The molecule has 0 aromatic rings. The summed E-state index contributed by atoms with van der Waals surface area (Å²) in [5.41, 5.74) is 0.0527. The van der Waals surface area contributed by atoms with Gasteiger partial charge < -0.3 is 14.8 Å². The minimum atomic E-state index is 0.0527. The molecule has 2 atom stereocenters. The molecule has 3 heteroatoms. The Morgan fingerprint density at radius 1 is 1.00 bits per heavy atom. The molecule has 0 aliphatic carbocycles. The summed E-state index contributed by atoms with van der Waals surface area (Å²) in [7, 11) is 0. The molecule has 2 aliphatic heterocycles. The van der Waals surface area contributed by atoms with Crippen LogP contribution < -0.4 is 5.32 Å². The monoisotopic (exact) mass is 227 g/mol. The van der Waals surface area contributed by atoms with Crippen LogP contribution in [-0.4, -0.2) is 37.5 Å². The average Bonchev–Trinajstić information content (AvgIpc) is 2.45. The van der Waals surface area contributed by atoms with Gasteiger partial charge in [0.05, 0.1) is 5.60 Å². The Bertz CT molecular complexity index is 210. The lowest BCUT2D eigenvalue weighted by molar-refractivity contribution is -0.0643. The molecule has 0 saturated carbocycles. The Morgan fingerprint density at radius 3 is 2.62 bits per heavy atom. The summed E-state index contributed by atoms with van der Waals surface area (Å²) in [5.74, 6) is 0. The lowest BCUT2D eigenvalue weighted by Gasteiger charge is -2.37. The van der Waals surface area contributed by atoms with Crippen LogP contribution in [0.2, 0.25) is 0 Å². The summed E-state index contributed by atoms with van der Waals surface area (Å²) in [5, 5.41) is 3.79. The van der Waals surface area contributed by atoms with Gasteiger partial charge in [0.25, 0.3) is 0 Å². The fourth-order valence-corrected chi connectivity index (χ4v) is 2.78. The minimum Gasteiger partial charge on any atom is -0.381 e. The van der Waals surface area contributed by atoms with Crippen molar-refractivity contribution in [1.29, 1.82) is 0 Å². The molecule has 0 aromatic heterocycles. The third-order valence-electron chi connectivity index (χ3n) is 3.62. The second-order valence-electron chi connectivity index (χ2n) is 5.70. The third-order valence-corrected chi connectivity index (χ3v) is 3.62. The van der Waals surface area contributed by atoms with Gasteiger partial charge in [0.1, 0.15) is 0 Å². The van der Waals surface area contributed by atoms with Crippen LogP contribution in [0.25, 0.3) is 0 Å². The molecule has 1 N–H and O–H groups in total. The Labute approximate surface area is 98.9 Å². The van der Waals surface area contributed by atoms with E-state index in [1.54, 1.807) is 0 Å².